The number of carbonyl (C=O) groups excluding carboxylic acids is 2. The van der Waals surface area contributed by atoms with Gasteiger partial charge in [0, 0.05) is 25.3 Å². The summed E-state index contributed by atoms with van der Waals surface area (Å²) in [6.45, 7) is 3.50. The predicted molar refractivity (Wildman–Crippen MR) is 88.2 cm³/mol. The summed E-state index contributed by atoms with van der Waals surface area (Å²) in [7, 11) is 0. The summed E-state index contributed by atoms with van der Waals surface area (Å²) in [6.07, 6.45) is 8.05. The number of nitrogens with one attached hydrogen (secondary N) is 1. The third-order valence-electron chi connectivity index (χ3n) is 4.41. The molecule has 1 N–H and O–H groups in total. The van der Waals surface area contributed by atoms with E-state index in [9.17, 15) is 9.59 Å². The van der Waals surface area contributed by atoms with Crippen LogP contribution in [0.25, 0.3) is 0 Å². The van der Waals surface area contributed by atoms with Gasteiger partial charge in [-0.2, -0.15) is 0 Å². The average Bonchev–Trinajstić information content (AvgIpc) is 3.40. The Morgan fingerprint density at radius 3 is 2.91 bits per heavy atom. The zero-order chi connectivity index (χ0) is 16.2. The lowest BCUT2D eigenvalue weighted by molar-refractivity contribution is -0.121. The molecule has 1 atom stereocenters. The molecular weight excluding hydrogens is 292 g/mol. The van der Waals surface area contributed by atoms with E-state index < -0.39 is 6.04 Å². The SMILES string of the molecule is CCCN(C(=O)N[C@H]1CCCN(c2cccnc2)C1=O)C1CC1. The normalized spacial score (nSPS) is 21.2. The van der Waals surface area contributed by atoms with Gasteiger partial charge in [0.05, 0.1) is 11.9 Å². The zero-order valence-electron chi connectivity index (χ0n) is 13.6. The molecule has 1 aromatic rings. The number of piperidine rings is 1. The third kappa shape index (κ3) is 3.63. The van der Waals surface area contributed by atoms with Crippen LogP contribution in [0, 0.1) is 0 Å². The molecule has 23 heavy (non-hydrogen) atoms. The molecule has 0 aromatic carbocycles. The molecule has 0 bridgehead atoms. The summed E-state index contributed by atoms with van der Waals surface area (Å²) in [5.74, 6) is -0.0372. The van der Waals surface area contributed by atoms with Crippen LogP contribution in [0.4, 0.5) is 10.5 Å². The van der Waals surface area contributed by atoms with E-state index in [1.807, 2.05) is 17.0 Å². The molecule has 1 saturated heterocycles. The summed E-state index contributed by atoms with van der Waals surface area (Å²) in [5.41, 5.74) is 0.795. The van der Waals surface area contributed by atoms with Crippen LogP contribution in [0.3, 0.4) is 0 Å². The van der Waals surface area contributed by atoms with Crippen molar-refractivity contribution in [1.29, 1.82) is 0 Å². The van der Waals surface area contributed by atoms with Gasteiger partial charge in [-0.25, -0.2) is 4.79 Å². The molecule has 1 aliphatic heterocycles. The highest BCUT2D eigenvalue weighted by atomic mass is 16.2. The molecule has 6 nitrogen and oxygen atoms in total. The molecule has 3 rings (SSSR count). The maximum absolute atomic E-state index is 12.7. The Balaban J connectivity index is 1.65. The smallest absolute Gasteiger partial charge is 0.318 e. The molecule has 124 valence electrons. The van der Waals surface area contributed by atoms with E-state index >= 15 is 0 Å². The van der Waals surface area contributed by atoms with Crippen LogP contribution < -0.4 is 10.2 Å². The van der Waals surface area contributed by atoms with Crippen LogP contribution in [0.1, 0.15) is 39.0 Å². The van der Waals surface area contributed by atoms with Crippen molar-refractivity contribution in [1.82, 2.24) is 15.2 Å². The van der Waals surface area contributed by atoms with E-state index in [1.54, 1.807) is 17.3 Å². The average molecular weight is 316 g/mol. The van der Waals surface area contributed by atoms with Crippen LogP contribution in [-0.2, 0) is 4.79 Å². The fourth-order valence-corrected chi connectivity index (χ4v) is 3.09. The molecule has 3 amide bonds. The van der Waals surface area contributed by atoms with Gasteiger partial charge < -0.3 is 15.1 Å². The lowest BCUT2D eigenvalue weighted by Crippen LogP contribution is -2.55. The van der Waals surface area contributed by atoms with Crippen LogP contribution in [0.5, 0.6) is 0 Å². The van der Waals surface area contributed by atoms with Gasteiger partial charge in [0.25, 0.3) is 0 Å². The lowest BCUT2D eigenvalue weighted by Gasteiger charge is -2.33. The van der Waals surface area contributed by atoms with Crippen LogP contribution >= 0.6 is 0 Å². The minimum Gasteiger partial charge on any atom is -0.326 e. The molecule has 2 heterocycles. The Bertz CT molecular complexity index is 559. The summed E-state index contributed by atoms with van der Waals surface area (Å²) < 4.78 is 0. The first kappa shape index (κ1) is 15.8. The van der Waals surface area contributed by atoms with Crippen LogP contribution in [0.15, 0.2) is 24.5 Å². The third-order valence-corrected chi connectivity index (χ3v) is 4.41. The minimum atomic E-state index is -0.436. The van der Waals surface area contributed by atoms with Gasteiger partial charge >= 0.3 is 6.03 Å². The zero-order valence-corrected chi connectivity index (χ0v) is 13.6. The molecule has 6 heteroatoms. The van der Waals surface area contributed by atoms with Crippen molar-refractivity contribution in [3.8, 4) is 0 Å². The monoisotopic (exact) mass is 316 g/mol. The highest BCUT2D eigenvalue weighted by Gasteiger charge is 2.36. The summed E-state index contributed by atoms with van der Waals surface area (Å²) >= 11 is 0. The van der Waals surface area contributed by atoms with Gasteiger partial charge in [-0.3, -0.25) is 9.78 Å². The number of rotatable bonds is 5. The van der Waals surface area contributed by atoms with Gasteiger partial charge in [0.15, 0.2) is 0 Å². The van der Waals surface area contributed by atoms with Gasteiger partial charge in [0.2, 0.25) is 5.91 Å². The maximum atomic E-state index is 12.7. The Kier molecular flexibility index (Phi) is 4.79. The molecule has 2 fully saturated rings. The van der Waals surface area contributed by atoms with E-state index in [0.717, 1.165) is 37.9 Å². The number of amides is 3. The summed E-state index contributed by atoms with van der Waals surface area (Å²) in [5, 5.41) is 2.95. The standard InChI is InChI=1S/C17H24N4O2/c1-2-10-21(13-7-8-13)17(23)19-15-6-4-11-20(16(15)22)14-5-3-9-18-12-14/h3,5,9,12-13,15H,2,4,6-8,10-11H2,1H3,(H,19,23)/t15-/m0/s1. The molecule has 2 aliphatic rings. The predicted octanol–water partition coefficient (Wildman–Crippen LogP) is 2.16. The first-order valence-corrected chi connectivity index (χ1v) is 8.49. The number of anilines is 1. The van der Waals surface area contributed by atoms with E-state index in [1.165, 1.54) is 0 Å². The topological polar surface area (TPSA) is 65.5 Å². The number of hydrogen-bond donors (Lipinski definition) is 1. The number of aromatic nitrogens is 1. The fraction of sp³-hybridized carbons (Fsp3) is 0.588. The van der Waals surface area contributed by atoms with Gasteiger partial charge in [0.1, 0.15) is 6.04 Å². The van der Waals surface area contributed by atoms with Crippen molar-refractivity contribution >= 4 is 17.6 Å². The molecular formula is C17H24N4O2. The first-order valence-electron chi connectivity index (χ1n) is 8.49. The second kappa shape index (κ2) is 6.98. The number of pyridine rings is 1. The first-order chi connectivity index (χ1) is 11.2. The van der Waals surface area contributed by atoms with Crippen molar-refractivity contribution in [3.63, 3.8) is 0 Å². The Morgan fingerprint density at radius 2 is 2.26 bits per heavy atom. The second-order valence-electron chi connectivity index (χ2n) is 6.27. The van der Waals surface area contributed by atoms with Crippen molar-refractivity contribution in [2.45, 2.75) is 51.1 Å². The van der Waals surface area contributed by atoms with E-state index in [4.69, 9.17) is 0 Å². The molecule has 1 aliphatic carbocycles. The highest BCUT2D eigenvalue weighted by Crippen LogP contribution is 2.27. The molecule has 0 radical (unpaired) electrons. The van der Waals surface area contributed by atoms with Crippen molar-refractivity contribution < 1.29 is 9.59 Å². The summed E-state index contributed by atoms with van der Waals surface area (Å²) in [6, 6.07) is 3.53. The molecule has 1 aromatic heterocycles. The van der Waals surface area contributed by atoms with Gasteiger partial charge in [-0.05, 0) is 44.2 Å². The van der Waals surface area contributed by atoms with E-state index in [-0.39, 0.29) is 11.9 Å². The molecule has 0 spiro atoms. The second-order valence-corrected chi connectivity index (χ2v) is 6.27. The Hall–Kier alpha value is -2.11. The quantitative estimate of drug-likeness (QED) is 0.905. The maximum Gasteiger partial charge on any atom is 0.318 e. The van der Waals surface area contributed by atoms with Crippen LogP contribution in [0.2, 0.25) is 0 Å². The molecule has 1 saturated carbocycles. The minimum absolute atomic E-state index is 0.0372. The number of urea groups is 1. The Morgan fingerprint density at radius 1 is 1.43 bits per heavy atom. The lowest BCUT2D eigenvalue weighted by atomic mass is 10.0. The van der Waals surface area contributed by atoms with E-state index in [0.29, 0.717) is 19.0 Å². The largest absolute Gasteiger partial charge is 0.326 e. The Labute approximate surface area is 136 Å². The van der Waals surface area contributed by atoms with Crippen molar-refractivity contribution in [2.24, 2.45) is 0 Å². The van der Waals surface area contributed by atoms with E-state index in [2.05, 4.69) is 17.2 Å². The molecule has 0 unspecified atom stereocenters. The number of nitrogens with zero attached hydrogens (tertiary/aromatic N) is 3. The number of carbonyl (C=O) groups is 2. The van der Waals surface area contributed by atoms with Crippen molar-refractivity contribution in [2.75, 3.05) is 18.0 Å². The van der Waals surface area contributed by atoms with Gasteiger partial charge in [-0.15, -0.1) is 0 Å². The summed E-state index contributed by atoms with van der Waals surface area (Å²) in [4.78, 5) is 32.9. The number of hydrogen-bond acceptors (Lipinski definition) is 3. The highest BCUT2D eigenvalue weighted by molar-refractivity contribution is 5.99. The fourth-order valence-electron chi connectivity index (χ4n) is 3.09. The van der Waals surface area contributed by atoms with Crippen LogP contribution in [-0.4, -0.2) is 47.0 Å². The van der Waals surface area contributed by atoms with Crippen molar-refractivity contribution in [3.05, 3.63) is 24.5 Å². The van der Waals surface area contributed by atoms with Gasteiger partial charge in [-0.1, -0.05) is 6.92 Å².